The van der Waals surface area contributed by atoms with E-state index in [1.165, 1.54) is 18.2 Å². The van der Waals surface area contributed by atoms with Gasteiger partial charge in [-0.05, 0) is 32.4 Å². The van der Waals surface area contributed by atoms with Crippen LogP contribution in [-0.2, 0) is 15.7 Å². The van der Waals surface area contributed by atoms with Crippen LogP contribution < -0.4 is 4.74 Å². The normalized spacial score (nSPS) is 12.2. The summed E-state index contributed by atoms with van der Waals surface area (Å²) >= 11 is 5.68. The van der Waals surface area contributed by atoms with Gasteiger partial charge in [0.1, 0.15) is 6.61 Å². The average molecular weight is 336 g/mol. The fourth-order valence-electron chi connectivity index (χ4n) is 1.48. The van der Waals surface area contributed by atoms with Crippen LogP contribution in [0.3, 0.4) is 0 Å². The van der Waals surface area contributed by atoms with Gasteiger partial charge in [0.15, 0.2) is 15.6 Å². The predicted molar refractivity (Wildman–Crippen MR) is 81.7 cm³/mol. The van der Waals surface area contributed by atoms with Gasteiger partial charge in [-0.3, -0.25) is 10.1 Å². The van der Waals surface area contributed by atoms with Crippen molar-refractivity contribution in [2.75, 3.05) is 12.4 Å². The Morgan fingerprint density at radius 1 is 1.33 bits per heavy atom. The monoisotopic (exact) mass is 335 g/mol. The summed E-state index contributed by atoms with van der Waals surface area (Å²) in [6.07, 6.45) is 0. The second-order valence-electron chi connectivity index (χ2n) is 5.47. The SMILES string of the molecule is CC(C)(C)S(=O)(=O)CCOc1cc(CCl)ccc1[N+](=O)[O-]. The Labute approximate surface area is 129 Å². The van der Waals surface area contributed by atoms with Crippen LogP contribution in [0.25, 0.3) is 0 Å². The molecule has 0 aromatic heterocycles. The highest BCUT2D eigenvalue weighted by molar-refractivity contribution is 7.92. The van der Waals surface area contributed by atoms with Crippen LogP contribution >= 0.6 is 11.6 Å². The van der Waals surface area contributed by atoms with E-state index >= 15 is 0 Å². The number of alkyl halides is 1. The van der Waals surface area contributed by atoms with E-state index in [-0.39, 0.29) is 29.7 Å². The van der Waals surface area contributed by atoms with Gasteiger partial charge >= 0.3 is 5.69 Å². The summed E-state index contributed by atoms with van der Waals surface area (Å²) in [4.78, 5) is 10.3. The first-order valence-corrected chi connectivity index (χ1v) is 8.45. The number of hydrogen-bond donors (Lipinski definition) is 0. The second-order valence-corrected chi connectivity index (χ2v) is 8.60. The fraction of sp³-hybridized carbons (Fsp3) is 0.538. The summed E-state index contributed by atoms with van der Waals surface area (Å²) in [5, 5.41) is 10.9. The first-order valence-electron chi connectivity index (χ1n) is 6.27. The van der Waals surface area contributed by atoms with Gasteiger partial charge < -0.3 is 4.74 Å². The quantitative estimate of drug-likeness (QED) is 0.453. The first-order chi connectivity index (χ1) is 9.58. The lowest BCUT2D eigenvalue weighted by Crippen LogP contribution is -2.32. The Balaban J connectivity index is 2.86. The van der Waals surface area contributed by atoms with Crippen LogP contribution in [0.2, 0.25) is 0 Å². The van der Waals surface area contributed by atoms with Gasteiger partial charge in [-0.1, -0.05) is 6.07 Å². The lowest BCUT2D eigenvalue weighted by molar-refractivity contribution is -0.385. The molecule has 0 fully saturated rings. The van der Waals surface area contributed by atoms with Gasteiger partial charge in [-0.2, -0.15) is 0 Å². The number of ether oxygens (including phenoxy) is 1. The third kappa shape index (κ3) is 4.57. The number of sulfone groups is 1. The van der Waals surface area contributed by atoms with Gasteiger partial charge in [0, 0.05) is 11.9 Å². The van der Waals surface area contributed by atoms with E-state index in [4.69, 9.17) is 16.3 Å². The van der Waals surface area contributed by atoms with Crippen LogP contribution in [0.5, 0.6) is 5.75 Å². The minimum atomic E-state index is -3.34. The van der Waals surface area contributed by atoms with E-state index in [0.717, 1.165) is 0 Å². The molecule has 0 aliphatic rings. The summed E-state index contributed by atoms with van der Waals surface area (Å²) in [5.41, 5.74) is 0.452. The predicted octanol–water partition coefficient (Wildman–Crippen LogP) is 2.93. The number of nitro benzene ring substituents is 1. The van der Waals surface area contributed by atoms with Gasteiger partial charge in [0.05, 0.1) is 15.4 Å². The lowest BCUT2D eigenvalue weighted by Gasteiger charge is -2.19. The van der Waals surface area contributed by atoms with Crippen LogP contribution in [-0.4, -0.2) is 30.4 Å². The maximum Gasteiger partial charge on any atom is 0.310 e. The molecular formula is C13H18ClNO5S. The molecule has 1 rings (SSSR count). The fourth-order valence-corrected chi connectivity index (χ4v) is 2.56. The molecule has 0 saturated heterocycles. The lowest BCUT2D eigenvalue weighted by atomic mass is 10.2. The van der Waals surface area contributed by atoms with Crippen LogP contribution in [0.1, 0.15) is 26.3 Å². The van der Waals surface area contributed by atoms with Crippen molar-refractivity contribution >= 4 is 27.1 Å². The van der Waals surface area contributed by atoms with Gasteiger partial charge in [-0.15, -0.1) is 11.6 Å². The minimum absolute atomic E-state index is 0.0299. The van der Waals surface area contributed by atoms with E-state index < -0.39 is 19.5 Å². The molecule has 0 radical (unpaired) electrons. The molecule has 0 spiro atoms. The smallest absolute Gasteiger partial charge is 0.310 e. The molecule has 0 unspecified atom stereocenters. The average Bonchev–Trinajstić information content (AvgIpc) is 2.36. The molecule has 0 aliphatic heterocycles. The number of benzene rings is 1. The van der Waals surface area contributed by atoms with E-state index in [9.17, 15) is 18.5 Å². The minimum Gasteiger partial charge on any atom is -0.486 e. The van der Waals surface area contributed by atoms with Crippen LogP contribution in [0, 0.1) is 10.1 Å². The third-order valence-electron chi connectivity index (χ3n) is 2.92. The third-order valence-corrected chi connectivity index (χ3v) is 5.80. The molecule has 0 saturated carbocycles. The van der Waals surface area contributed by atoms with Crippen molar-refractivity contribution < 1.29 is 18.1 Å². The Morgan fingerprint density at radius 2 is 1.95 bits per heavy atom. The van der Waals surface area contributed by atoms with Crippen molar-refractivity contribution in [3.63, 3.8) is 0 Å². The van der Waals surface area contributed by atoms with Crippen molar-refractivity contribution in [2.45, 2.75) is 31.4 Å². The molecule has 118 valence electrons. The molecule has 0 amide bonds. The van der Waals surface area contributed by atoms with Crippen molar-refractivity contribution in [1.82, 2.24) is 0 Å². The van der Waals surface area contributed by atoms with E-state index in [0.29, 0.717) is 5.56 Å². The van der Waals surface area contributed by atoms with E-state index in [2.05, 4.69) is 0 Å². The van der Waals surface area contributed by atoms with E-state index in [1.807, 2.05) is 0 Å². The molecule has 21 heavy (non-hydrogen) atoms. The van der Waals surface area contributed by atoms with Crippen molar-refractivity contribution in [3.8, 4) is 5.75 Å². The molecule has 0 atom stereocenters. The van der Waals surface area contributed by atoms with Crippen molar-refractivity contribution in [1.29, 1.82) is 0 Å². The maximum absolute atomic E-state index is 11.9. The van der Waals surface area contributed by atoms with Crippen molar-refractivity contribution in [2.24, 2.45) is 0 Å². The maximum atomic E-state index is 11.9. The van der Waals surface area contributed by atoms with Gasteiger partial charge in [-0.25, -0.2) is 8.42 Å². The first kappa shape index (κ1) is 17.7. The van der Waals surface area contributed by atoms with Crippen LogP contribution in [0.4, 0.5) is 5.69 Å². The molecule has 0 bridgehead atoms. The second kappa shape index (κ2) is 6.62. The molecule has 0 heterocycles. The number of nitrogens with zero attached hydrogens (tertiary/aromatic N) is 1. The molecule has 0 aliphatic carbocycles. The van der Waals surface area contributed by atoms with E-state index in [1.54, 1.807) is 20.8 Å². The highest BCUT2D eigenvalue weighted by Gasteiger charge is 2.29. The molecule has 0 N–H and O–H groups in total. The number of rotatable bonds is 6. The number of halogens is 1. The van der Waals surface area contributed by atoms with Crippen LogP contribution in [0.15, 0.2) is 18.2 Å². The highest BCUT2D eigenvalue weighted by atomic mass is 35.5. The Kier molecular flexibility index (Phi) is 5.58. The molecule has 6 nitrogen and oxygen atoms in total. The molecular weight excluding hydrogens is 318 g/mol. The molecule has 8 heteroatoms. The largest absolute Gasteiger partial charge is 0.486 e. The Bertz CT molecular complexity index is 622. The van der Waals surface area contributed by atoms with Gasteiger partial charge in [0.25, 0.3) is 0 Å². The number of hydrogen-bond acceptors (Lipinski definition) is 5. The zero-order valence-corrected chi connectivity index (χ0v) is 13.7. The molecule has 1 aromatic rings. The summed E-state index contributed by atoms with van der Waals surface area (Å²) in [6.45, 7) is 4.64. The topological polar surface area (TPSA) is 86.5 Å². The highest BCUT2D eigenvalue weighted by Crippen LogP contribution is 2.28. The summed E-state index contributed by atoms with van der Waals surface area (Å²) in [7, 11) is -3.34. The zero-order valence-electron chi connectivity index (χ0n) is 12.1. The van der Waals surface area contributed by atoms with Gasteiger partial charge in [0.2, 0.25) is 0 Å². The summed E-state index contributed by atoms with van der Waals surface area (Å²) in [5.74, 6) is 0.00943. The summed E-state index contributed by atoms with van der Waals surface area (Å²) in [6, 6.07) is 4.28. The number of nitro groups is 1. The van der Waals surface area contributed by atoms with Crippen molar-refractivity contribution in [3.05, 3.63) is 33.9 Å². The summed E-state index contributed by atoms with van der Waals surface area (Å²) < 4.78 is 28.3. The Morgan fingerprint density at radius 3 is 2.43 bits per heavy atom. The standard InChI is InChI=1S/C13H18ClNO5S/c1-13(2,3)21(18,19)7-6-20-12-8-10(9-14)4-5-11(12)15(16)17/h4-5,8H,6-7,9H2,1-3H3. The molecule has 1 aromatic carbocycles. The zero-order chi connectivity index (χ0) is 16.3. The Hall–Kier alpha value is -1.34.